The Morgan fingerprint density at radius 1 is 1.12 bits per heavy atom. The van der Waals surface area contributed by atoms with Gasteiger partial charge in [0.05, 0.1) is 29.3 Å². The Hall–Kier alpha value is -2.11. The molecule has 1 aromatic heterocycles. The molecule has 0 bridgehead atoms. The van der Waals surface area contributed by atoms with Crippen molar-refractivity contribution in [1.29, 1.82) is 0 Å². The van der Waals surface area contributed by atoms with Crippen molar-refractivity contribution in [3.63, 3.8) is 0 Å². The van der Waals surface area contributed by atoms with E-state index in [1.807, 2.05) is 56.3 Å². The zero-order chi connectivity index (χ0) is 18.7. The second-order valence-electron chi connectivity index (χ2n) is 6.59. The molecular formula is C21H24N2O2S. The van der Waals surface area contributed by atoms with Crippen molar-refractivity contribution in [3.05, 3.63) is 63.9 Å². The highest BCUT2D eigenvalue weighted by molar-refractivity contribution is 7.99. The SMILES string of the molecule is Cc1ccc(-n2c(SCCOC(C)C)nc3ccccc3c2=O)cc1C. The number of benzene rings is 2. The zero-order valence-electron chi connectivity index (χ0n) is 15.7. The molecule has 0 saturated carbocycles. The number of aromatic nitrogens is 2. The van der Waals surface area contributed by atoms with Crippen molar-refractivity contribution < 1.29 is 4.74 Å². The summed E-state index contributed by atoms with van der Waals surface area (Å²) in [4.78, 5) is 17.9. The minimum absolute atomic E-state index is 0.0360. The van der Waals surface area contributed by atoms with Crippen LogP contribution in [0.1, 0.15) is 25.0 Å². The lowest BCUT2D eigenvalue weighted by atomic mass is 10.1. The van der Waals surface area contributed by atoms with Gasteiger partial charge in [-0.1, -0.05) is 30.0 Å². The molecule has 3 aromatic rings. The maximum atomic E-state index is 13.2. The maximum Gasteiger partial charge on any atom is 0.266 e. The van der Waals surface area contributed by atoms with E-state index in [9.17, 15) is 4.79 Å². The number of thioether (sulfide) groups is 1. The predicted molar refractivity (Wildman–Crippen MR) is 109 cm³/mol. The Morgan fingerprint density at radius 2 is 1.88 bits per heavy atom. The topological polar surface area (TPSA) is 44.1 Å². The van der Waals surface area contributed by atoms with E-state index in [2.05, 4.69) is 13.8 Å². The van der Waals surface area contributed by atoms with Gasteiger partial charge in [-0.3, -0.25) is 9.36 Å². The number of fused-ring (bicyclic) bond motifs is 1. The maximum absolute atomic E-state index is 13.2. The van der Waals surface area contributed by atoms with Crippen molar-refractivity contribution in [1.82, 2.24) is 9.55 Å². The third-order valence-corrected chi connectivity index (χ3v) is 5.16. The molecule has 3 rings (SSSR count). The standard InChI is InChI=1S/C21H24N2O2S/c1-14(2)25-11-12-26-21-22-19-8-6-5-7-18(19)20(24)23(21)17-10-9-15(3)16(4)13-17/h5-10,13-14H,11-12H2,1-4H3. The number of rotatable bonds is 6. The van der Waals surface area contributed by atoms with Gasteiger partial charge in [0.2, 0.25) is 0 Å². The Balaban J connectivity index is 2.08. The van der Waals surface area contributed by atoms with Crippen LogP contribution in [-0.4, -0.2) is 28.0 Å². The molecule has 26 heavy (non-hydrogen) atoms. The second-order valence-corrected chi connectivity index (χ2v) is 7.65. The Kier molecular flexibility index (Phi) is 5.79. The Morgan fingerprint density at radius 3 is 2.62 bits per heavy atom. The van der Waals surface area contributed by atoms with Crippen molar-refractivity contribution >= 4 is 22.7 Å². The smallest absolute Gasteiger partial charge is 0.266 e. The second kappa shape index (κ2) is 8.06. The fourth-order valence-corrected chi connectivity index (χ4v) is 3.56. The lowest BCUT2D eigenvalue weighted by Gasteiger charge is -2.15. The highest BCUT2D eigenvalue weighted by Crippen LogP contribution is 2.22. The third-order valence-electron chi connectivity index (χ3n) is 4.26. The number of ether oxygens (including phenoxy) is 1. The third kappa shape index (κ3) is 4.00. The van der Waals surface area contributed by atoms with Gasteiger partial charge in [0.15, 0.2) is 5.16 Å². The summed E-state index contributed by atoms with van der Waals surface area (Å²) in [5.41, 5.74) is 3.90. The van der Waals surface area contributed by atoms with E-state index >= 15 is 0 Å². The first-order chi connectivity index (χ1) is 12.5. The highest BCUT2D eigenvalue weighted by Gasteiger charge is 2.13. The zero-order valence-corrected chi connectivity index (χ0v) is 16.5. The van der Waals surface area contributed by atoms with E-state index in [4.69, 9.17) is 9.72 Å². The minimum atomic E-state index is -0.0360. The normalized spacial score (nSPS) is 11.4. The molecule has 0 radical (unpaired) electrons. The van der Waals surface area contributed by atoms with E-state index in [1.165, 1.54) is 5.56 Å². The molecule has 0 amide bonds. The van der Waals surface area contributed by atoms with Crippen LogP contribution in [0.5, 0.6) is 0 Å². The van der Waals surface area contributed by atoms with Gasteiger partial charge in [-0.05, 0) is 63.1 Å². The molecule has 0 fully saturated rings. The van der Waals surface area contributed by atoms with Gasteiger partial charge in [0.1, 0.15) is 0 Å². The van der Waals surface area contributed by atoms with Crippen LogP contribution in [0.3, 0.4) is 0 Å². The summed E-state index contributed by atoms with van der Waals surface area (Å²) in [6, 6.07) is 13.6. The largest absolute Gasteiger partial charge is 0.378 e. The summed E-state index contributed by atoms with van der Waals surface area (Å²) in [6.45, 7) is 8.78. The number of para-hydroxylation sites is 1. The van der Waals surface area contributed by atoms with Crippen LogP contribution < -0.4 is 5.56 Å². The van der Waals surface area contributed by atoms with E-state index in [-0.39, 0.29) is 11.7 Å². The molecular weight excluding hydrogens is 344 g/mol. The quantitative estimate of drug-likeness (QED) is 0.364. The molecule has 136 valence electrons. The first kappa shape index (κ1) is 18.7. The summed E-state index contributed by atoms with van der Waals surface area (Å²) in [6.07, 6.45) is 0.196. The number of hydrogen-bond donors (Lipinski definition) is 0. The van der Waals surface area contributed by atoms with Crippen LogP contribution in [0.25, 0.3) is 16.6 Å². The van der Waals surface area contributed by atoms with E-state index in [0.29, 0.717) is 17.1 Å². The molecule has 0 saturated heterocycles. The molecule has 0 aliphatic carbocycles. The number of nitrogens with zero attached hydrogens (tertiary/aromatic N) is 2. The summed E-state index contributed by atoms with van der Waals surface area (Å²) < 4.78 is 7.34. The van der Waals surface area contributed by atoms with E-state index in [0.717, 1.165) is 22.5 Å². The van der Waals surface area contributed by atoms with Gasteiger partial charge in [-0.2, -0.15) is 0 Å². The minimum Gasteiger partial charge on any atom is -0.378 e. The summed E-state index contributed by atoms with van der Waals surface area (Å²) in [5.74, 6) is 0.744. The molecule has 4 nitrogen and oxygen atoms in total. The van der Waals surface area contributed by atoms with Crippen LogP contribution >= 0.6 is 11.8 Å². The lowest BCUT2D eigenvalue weighted by molar-refractivity contribution is 0.0920. The molecule has 1 heterocycles. The van der Waals surface area contributed by atoms with Crippen LogP contribution in [-0.2, 0) is 4.74 Å². The Bertz CT molecular complexity index is 979. The predicted octanol–water partition coefficient (Wildman–Crippen LogP) is 4.52. The van der Waals surface area contributed by atoms with Crippen molar-refractivity contribution in [2.45, 2.75) is 39.0 Å². The van der Waals surface area contributed by atoms with Gasteiger partial charge in [-0.25, -0.2) is 4.98 Å². The monoisotopic (exact) mass is 368 g/mol. The molecule has 2 aromatic carbocycles. The number of hydrogen-bond acceptors (Lipinski definition) is 4. The van der Waals surface area contributed by atoms with Gasteiger partial charge < -0.3 is 4.74 Å². The summed E-state index contributed by atoms with van der Waals surface area (Å²) >= 11 is 1.55. The van der Waals surface area contributed by atoms with Crippen LogP contribution in [0.15, 0.2) is 52.4 Å². The molecule has 0 spiro atoms. The molecule has 0 aliphatic rings. The fourth-order valence-electron chi connectivity index (χ4n) is 2.72. The average Bonchev–Trinajstić information content (AvgIpc) is 2.61. The molecule has 0 unspecified atom stereocenters. The Labute approximate surface area is 158 Å². The van der Waals surface area contributed by atoms with E-state index < -0.39 is 0 Å². The molecule has 0 aliphatic heterocycles. The summed E-state index contributed by atoms with van der Waals surface area (Å²) in [5, 5.41) is 1.33. The van der Waals surface area contributed by atoms with Gasteiger partial charge in [0, 0.05) is 5.75 Å². The summed E-state index contributed by atoms with van der Waals surface area (Å²) in [7, 11) is 0. The van der Waals surface area contributed by atoms with Crippen LogP contribution in [0.4, 0.5) is 0 Å². The van der Waals surface area contributed by atoms with Crippen molar-refractivity contribution in [2.75, 3.05) is 12.4 Å². The fraction of sp³-hybridized carbons (Fsp3) is 0.333. The first-order valence-electron chi connectivity index (χ1n) is 8.81. The van der Waals surface area contributed by atoms with Crippen molar-refractivity contribution in [2.24, 2.45) is 0 Å². The first-order valence-corrected chi connectivity index (χ1v) is 9.80. The molecule has 0 N–H and O–H groups in total. The van der Waals surface area contributed by atoms with Crippen LogP contribution in [0.2, 0.25) is 0 Å². The molecule has 5 heteroatoms. The lowest BCUT2D eigenvalue weighted by Crippen LogP contribution is -2.22. The van der Waals surface area contributed by atoms with Crippen molar-refractivity contribution in [3.8, 4) is 5.69 Å². The van der Waals surface area contributed by atoms with Crippen LogP contribution in [0, 0.1) is 13.8 Å². The highest BCUT2D eigenvalue weighted by atomic mass is 32.2. The van der Waals surface area contributed by atoms with Gasteiger partial charge >= 0.3 is 0 Å². The molecule has 0 atom stereocenters. The average molecular weight is 369 g/mol. The number of aryl methyl sites for hydroxylation is 2. The van der Waals surface area contributed by atoms with E-state index in [1.54, 1.807) is 16.3 Å². The van der Waals surface area contributed by atoms with Gasteiger partial charge in [-0.15, -0.1) is 0 Å². The van der Waals surface area contributed by atoms with Gasteiger partial charge in [0.25, 0.3) is 5.56 Å².